The molecule has 0 aliphatic rings. The summed E-state index contributed by atoms with van der Waals surface area (Å²) in [6.07, 6.45) is 0. The molecule has 2 rings (SSSR count). The largest absolute Gasteiger partial charge is 0.476 e. The molecule has 0 aromatic carbocycles. The molecule has 0 amide bonds. The lowest BCUT2D eigenvalue weighted by Crippen LogP contribution is -2.24. The maximum Gasteiger partial charge on any atom is 0.358 e. The highest BCUT2D eigenvalue weighted by Crippen LogP contribution is 2.26. The standard InChI is InChI=1S/C13H16N2O3S/c1-8(2)12(11-4-3-5-19-11)14-7-9-6-10(13(16)17)15-18-9/h3-6,8,12,14H,7H2,1-2H3,(H,16,17). The van der Waals surface area contributed by atoms with E-state index in [9.17, 15) is 4.79 Å². The molecular weight excluding hydrogens is 264 g/mol. The Balaban J connectivity index is 2.01. The molecule has 6 heteroatoms. The number of nitrogens with zero attached hydrogens (tertiary/aromatic N) is 1. The lowest BCUT2D eigenvalue weighted by molar-refractivity contribution is 0.0685. The minimum absolute atomic E-state index is 0.0611. The predicted molar refractivity (Wildman–Crippen MR) is 72.2 cm³/mol. The van der Waals surface area contributed by atoms with Crippen molar-refractivity contribution in [2.45, 2.75) is 26.4 Å². The van der Waals surface area contributed by atoms with Crippen LogP contribution in [0.1, 0.15) is 41.0 Å². The summed E-state index contributed by atoms with van der Waals surface area (Å²) in [7, 11) is 0. The number of aromatic nitrogens is 1. The first kappa shape index (κ1) is 13.8. The van der Waals surface area contributed by atoms with Gasteiger partial charge in [0.15, 0.2) is 11.5 Å². The highest BCUT2D eigenvalue weighted by Gasteiger charge is 2.17. The quantitative estimate of drug-likeness (QED) is 0.851. The van der Waals surface area contributed by atoms with Crippen molar-refractivity contribution in [1.82, 2.24) is 10.5 Å². The summed E-state index contributed by atoms with van der Waals surface area (Å²) in [5.41, 5.74) is -0.0611. The van der Waals surface area contributed by atoms with Crippen LogP contribution in [0, 0.1) is 5.92 Å². The normalized spacial score (nSPS) is 12.8. The molecule has 0 fully saturated rings. The van der Waals surface area contributed by atoms with Gasteiger partial charge in [0.05, 0.1) is 6.54 Å². The average Bonchev–Trinajstić information content (AvgIpc) is 2.98. The lowest BCUT2D eigenvalue weighted by Gasteiger charge is -2.20. The Labute approximate surface area is 115 Å². The van der Waals surface area contributed by atoms with E-state index in [4.69, 9.17) is 9.63 Å². The number of carbonyl (C=O) groups is 1. The van der Waals surface area contributed by atoms with Crippen molar-refractivity contribution in [3.8, 4) is 0 Å². The molecule has 0 spiro atoms. The molecule has 0 aliphatic heterocycles. The first-order valence-electron chi connectivity index (χ1n) is 6.03. The Morgan fingerprint density at radius 3 is 2.89 bits per heavy atom. The lowest BCUT2D eigenvalue weighted by atomic mass is 10.0. The molecule has 0 aliphatic carbocycles. The van der Waals surface area contributed by atoms with E-state index in [-0.39, 0.29) is 11.7 Å². The zero-order valence-electron chi connectivity index (χ0n) is 10.8. The van der Waals surface area contributed by atoms with E-state index in [1.54, 1.807) is 11.3 Å². The van der Waals surface area contributed by atoms with Gasteiger partial charge in [0.1, 0.15) is 0 Å². The molecular formula is C13H16N2O3S. The SMILES string of the molecule is CC(C)C(NCc1cc(C(=O)O)no1)c1cccs1. The van der Waals surface area contributed by atoms with Crippen LogP contribution in [0.25, 0.3) is 0 Å². The first-order chi connectivity index (χ1) is 9.08. The van der Waals surface area contributed by atoms with E-state index in [1.807, 2.05) is 11.4 Å². The monoisotopic (exact) mass is 280 g/mol. The van der Waals surface area contributed by atoms with Gasteiger partial charge in [-0.3, -0.25) is 0 Å². The second-order valence-electron chi connectivity index (χ2n) is 4.60. The van der Waals surface area contributed by atoms with E-state index in [2.05, 4.69) is 30.4 Å². The van der Waals surface area contributed by atoms with E-state index in [0.717, 1.165) is 0 Å². The minimum Gasteiger partial charge on any atom is -0.476 e. The Kier molecular flexibility index (Phi) is 4.34. The van der Waals surface area contributed by atoms with Crippen LogP contribution in [0.4, 0.5) is 0 Å². The van der Waals surface area contributed by atoms with Crippen LogP contribution in [0.15, 0.2) is 28.1 Å². The van der Waals surface area contributed by atoms with Gasteiger partial charge in [-0.05, 0) is 17.4 Å². The highest BCUT2D eigenvalue weighted by atomic mass is 32.1. The molecule has 102 valence electrons. The second kappa shape index (κ2) is 5.99. The highest BCUT2D eigenvalue weighted by molar-refractivity contribution is 7.10. The number of nitrogens with one attached hydrogen (secondary N) is 1. The summed E-state index contributed by atoms with van der Waals surface area (Å²) in [6.45, 7) is 4.74. The van der Waals surface area contributed by atoms with Gasteiger partial charge in [-0.15, -0.1) is 11.3 Å². The van der Waals surface area contributed by atoms with Gasteiger partial charge in [-0.25, -0.2) is 4.79 Å². The molecule has 2 heterocycles. The van der Waals surface area contributed by atoms with Crippen LogP contribution in [-0.4, -0.2) is 16.2 Å². The third kappa shape index (κ3) is 3.42. The smallest absolute Gasteiger partial charge is 0.358 e. The second-order valence-corrected chi connectivity index (χ2v) is 5.58. The molecule has 2 N–H and O–H groups in total. The van der Waals surface area contributed by atoms with Crippen LogP contribution < -0.4 is 5.32 Å². The summed E-state index contributed by atoms with van der Waals surface area (Å²) in [5.74, 6) is -0.117. The number of thiophene rings is 1. The average molecular weight is 280 g/mol. The molecule has 1 atom stereocenters. The van der Waals surface area contributed by atoms with Crippen LogP contribution >= 0.6 is 11.3 Å². The summed E-state index contributed by atoms with van der Waals surface area (Å²) in [6, 6.07) is 5.78. The molecule has 0 saturated carbocycles. The number of carboxylic acid groups (broad SMARTS) is 1. The van der Waals surface area contributed by atoms with Gasteiger partial charge in [0, 0.05) is 17.0 Å². The number of rotatable bonds is 6. The Morgan fingerprint density at radius 2 is 2.37 bits per heavy atom. The molecule has 0 saturated heterocycles. The Hall–Kier alpha value is -1.66. The maximum atomic E-state index is 10.7. The molecule has 2 aromatic rings. The van der Waals surface area contributed by atoms with Gasteiger partial charge in [0.25, 0.3) is 0 Å². The molecule has 0 bridgehead atoms. The van der Waals surface area contributed by atoms with Gasteiger partial charge in [-0.1, -0.05) is 25.1 Å². The zero-order valence-corrected chi connectivity index (χ0v) is 11.6. The zero-order chi connectivity index (χ0) is 13.8. The van der Waals surface area contributed by atoms with Crippen molar-refractivity contribution in [3.63, 3.8) is 0 Å². The summed E-state index contributed by atoms with van der Waals surface area (Å²) in [4.78, 5) is 12.0. The van der Waals surface area contributed by atoms with E-state index < -0.39 is 5.97 Å². The van der Waals surface area contributed by atoms with Crippen molar-refractivity contribution in [1.29, 1.82) is 0 Å². The third-order valence-corrected chi connectivity index (χ3v) is 3.75. The molecule has 2 aromatic heterocycles. The minimum atomic E-state index is -1.08. The van der Waals surface area contributed by atoms with Crippen LogP contribution in [0.2, 0.25) is 0 Å². The van der Waals surface area contributed by atoms with Gasteiger partial charge < -0.3 is 14.9 Å². The van der Waals surface area contributed by atoms with Gasteiger partial charge in [-0.2, -0.15) is 0 Å². The fourth-order valence-electron chi connectivity index (χ4n) is 1.84. The summed E-state index contributed by atoms with van der Waals surface area (Å²) >= 11 is 1.70. The Bertz CT molecular complexity index is 534. The molecule has 0 radical (unpaired) electrons. The van der Waals surface area contributed by atoms with Crippen molar-refractivity contribution >= 4 is 17.3 Å². The molecule has 1 unspecified atom stereocenters. The van der Waals surface area contributed by atoms with Crippen molar-refractivity contribution in [3.05, 3.63) is 39.9 Å². The van der Waals surface area contributed by atoms with E-state index in [1.165, 1.54) is 10.9 Å². The van der Waals surface area contributed by atoms with Gasteiger partial charge >= 0.3 is 5.97 Å². The fraction of sp³-hybridized carbons (Fsp3) is 0.385. The fourth-order valence-corrected chi connectivity index (χ4v) is 2.81. The third-order valence-electron chi connectivity index (χ3n) is 2.79. The number of carboxylic acids is 1. The predicted octanol–water partition coefficient (Wildman–Crippen LogP) is 2.92. The Morgan fingerprint density at radius 1 is 1.58 bits per heavy atom. The van der Waals surface area contributed by atoms with Crippen molar-refractivity contribution in [2.24, 2.45) is 5.92 Å². The maximum absolute atomic E-state index is 10.7. The number of hydrogen-bond acceptors (Lipinski definition) is 5. The van der Waals surface area contributed by atoms with Crippen LogP contribution in [-0.2, 0) is 6.54 Å². The summed E-state index contributed by atoms with van der Waals surface area (Å²) < 4.78 is 4.98. The van der Waals surface area contributed by atoms with Crippen LogP contribution in [0.3, 0.4) is 0 Å². The topological polar surface area (TPSA) is 75.4 Å². The van der Waals surface area contributed by atoms with E-state index >= 15 is 0 Å². The molecule has 19 heavy (non-hydrogen) atoms. The van der Waals surface area contributed by atoms with Crippen molar-refractivity contribution in [2.75, 3.05) is 0 Å². The van der Waals surface area contributed by atoms with Crippen molar-refractivity contribution < 1.29 is 14.4 Å². The summed E-state index contributed by atoms with van der Waals surface area (Å²) in [5, 5.41) is 17.7. The first-order valence-corrected chi connectivity index (χ1v) is 6.91. The number of hydrogen-bond donors (Lipinski definition) is 2. The molecule has 5 nitrogen and oxygen atoms in total. The van der Waals surface area contributed by atoms with Crippen LogP contribution in [0.5, 0.6) is 0 Å². The number of aromatic carboxylic acids is 1. The van der Waals surface area contributed by atoms with E-state index in [0.29, 0.717) is 18.2 Å². The van der Waals surface area contributed by atoms with Gasteiger partial charge in [0.2, 0.25) is 0 Å².